The van der Waals surface area contributed by atoms with Crippen molar-refractivity contribution in [1.82, 2.24) is 5.32 Å². The van der Waals surface area contributed by atoms with Gasteiger partial charge in [-0.15, -0.1) is 0 Å². The predicted octanol–water partition coefficient (Wildman–Crippen LogP) is 0.852. The van der Waals surface area contributed by atoms with Gasteiger partial charge in [0.05, 0.1) is 13.2 Å². The summed E-state index contributed by atoms with van der Waals surface area (Å²) in [6, 6.07) is 0. The van der Waals surface area contributed by atoms with Crippen LogP contribution in [0.3, 0.4) is 0 Å². The van der Waals surface area contributed by atoms with Gasteiger partial charge in [-0.05, 0) is 15.9 Å². The number of aliphatic carboxylic acids is 1. The Morgan fingerprint density at radius 2 is 2.00 bits per heavy atom. The average Bonchev–Trinajstić information content (AvgIpc) is 2.32. The van der Waals surface area contributed by atoms with Crippen LogP contribution >= 0.6 is 15.9 Å². The summed E-state index contributed by atoms with van der Waals surface area (Å²) in [6.45, 7) is 2.66. The lowest BCUT2D eigenvalue weighted by molar-refractivity contribution is -0.132. The monoisotopic (exact) mass is 321 g/mol. The second kappa shape index (κ2) is 9.78. The number of nitrogens with one attached hydrogen (secondary N) is 1. The summed E-state index contributed by atoms with van der Waals surface area (Å²) >= 11 is 2.73. The number of ether oxygens (including phenoxy) is 1. The predicted molar refractivity (Wildman–Crippen MR) is 68.4 cm³/mol. The molecule has 0 heterocycles. The molecule has 102 valence electrons. The largest absolute Gasteiger partial charge is 0.477 e. The number of hydrogen-bond acceptors (Lipinski definition) is 4. The van der Waals surface area contributed by atoms with Crippen molar-refractivity contribution >= 4 is 33.6 Å². The molecule has 0 aromatic heterocycles. The third-order valence-electron chi connectivity index (χ3n) is 1.93. The Kier molecular flexibility index (Phi) is 9.13. The molecule has 18 heavy (non-hydrogen) atoms. The number of carbonyl (C=O) groups is 3. The van der Waals surface area contributed by atoms with Gasteiger partial charge in [-0.25, -0.2) is 4.79 Å². The molecule has 2 N–H and O–H groups in total. The van der Waals surface area contributed by atoms with Gasteiger partial charge in [0.25, 0.3) is 0 Å². The van der Waals surface area contributed by atoms with Crippen molar-refractivity contribution < 1.29 is 24.2 Å². The molecule has 1 amide bonds. The lowest BCUT2D eigenvalue weighted by atomic mass is 10.2. The molecule has 0 rings (SSSR count). The van der Waals surface area contributed by atoms with Crippen molar-refractivity contribution in [3.05, 3.63) is 10.6 Å². The number of halogens is 1. The summed E-state index contributed by atoms with van der Waals surface area (Å²) in [5.74, 6) is -1.59. The molecule has 0 spiro atoms. The van der Waals surface area contributed by atoms with Crippen molar-refractivity contribution in [3.8, 4) is 0 Å². The Labute approximate surface area is 114 Å². The lowest BCUT2D eigenvalue weighted by Gasteiger charge is -2.04. The van der Waals surface area contributed by atoms with Crippen molar-refractivity contribution in [1.29, 1.82) is 0 Å². The number of Topliss-reactive ketones (excluding diaryl/α,β-unsaturated/α-hetero) is 1. The van der Waals surface area contributed by atoms with E-state index in [1.165, 1.54) is 0 Å². The van der Waals surface area contributed by atoms with E-state index in [0.717, 1.165) is 6.08 Å². The summed E-state index contributed by atoms with van der Waals surface area (Å²) in [6.07, 6.45) is 1.80. The third-order valence-corrected chi connectivity index (χ3v) is 2.50. The SMILES string of the molecule is CCC(=O)CCOCCNC(=O)/C=C(/Br)C(=O)O. The van der Waals surface area contributed by atoms with E-state index in [-0.39, 0.29) is 23.4 Å². The summed E-state index contributed by atoms with van der Waals surface area (Å²) in [7, 11) is 0. The van der Waals surface area contributed by atoms with E-state index in [4.69, 9.17) is 9.84 Å². The fourth-order valence-electron chi connectivity index (χ4n) is 0.939. The van der Waals surface area contributed by atoms with Crippen LogP contribution < -0.4 is 5.32 Å². The molecule has 0 aromatic carbocycles. The van der Waals surface area contributed by atoms with Crippen LogP contribution in [0.2, 0.25) is 0 Å². The molecule has 0 unspecified atom stereocenters. The standard InChI is InChI=1S/C11H16BrNO5/c1-2-8(14)3-5-18-6-4-13-10(15)7-9(12)11(16)17/h7H,2-6H2,1H3,(H,13,15)(H,16,17)/b9-7+. The molecule has 0 aliphatic carbocycles. The minimum Gasteiger partial charge on any atom is -0.477 e. The highest BCUT2D eigenvalue weighted by Crippen LogP contribution is 2.03. The molecule has 6 nitrogen and oxygen atoms in total. The summed E-state index contributed by atoms with van der Waals surface area (Å²) < 4.78 is 4.91. The second-order valence-electron chi connectivity index (χ2n) is 3.34. The van der Waals surface area contributed by atoms with Gasteiger partial charge >= 0.3 is 5.97 Å². The Morgan fingerprint density at radius 3 is 2.56 bits per heavy atom. The number of carboxylic acid groups (broad SMARTS) is 1. The van der Waals surface area contributed by atoms with Crippen LogP contribution in [0, 0.1) is 0 Å². The van der Waals surface area contributed by atoms with Crippen molar-refractivity contribution in [2.45, 2.75) is 19.8 Å². The van der Waals surface area contributed by atoms with Crippen LogP contribution in [0.4, 0.5) is 0 Å². The molecule has 7 heteroatoms. The number of carbonyl (C=O) groups excluding carboxylic acids is 2. The van der Waals surface area contributed by atoms with Gasteiger partial charge in [-0.1, -0.05) is 6.92 Å². The van der Waals surface area contributed by atoms with E-state index in [2.05, 4.69) is 21.2 Å². The Bertz CT molecular complexity index is 340. The zero-order valence-electron chi connectivity index (χ0n) is 10.1. The lowest BCUT2D eigenvalue weighted by Crippen LogP contribution is -2.26. The Morgan fingerprint density at radius 1 is 1.33 bits per heavy atom. The van der Waals surface area contributed by atoms with E-state index >= 15 is 0 Å². The zero-order chi connectivity index (χ0) is 14.0. The quantitative estimate of drug-likeness (QED) is 0.485. The van der Waals surface area contributed by atoms with E-state index in [0.29, 0.717) is 19.4 Å². The highest BCUT2D eigenvalue weighted by atomic mass is 79.9. The molecular weight excluding hydrogens is 306 g/mol. The fourth-order valence-corrected chi connectivity index (χ4v) is 1.15. The van der Waals surface area contributed by atoms with Crippen molar-refractivity contribution in [3.63, 3.8) is 0 Å². The van der Waals surface area contributed by atoms with Gasteiger partial charge in [0.15, 0.2) is 0 Å². The number of carboxylic acids is 1. The van der Waals surface area contributed by atoms with Crippen molar-refractivity contribution in [2.24, 2.45) is 0 Å². The van der Waals surface area contributed by atoms with Gasteiger partial charge in [-0.2, -0.15) is 0 Å². The first-order chi connectivity index (χ1) is 8.47. The minimum atomic E-state index is -1.21. The number of ketones is 1. The van der Waals surface area contributed by atoms with E-state index in [1.807, 2.05) is 0 Å². The van der Waals surface area contributed by atoms with Crippen LogP contribution in [0.25, 0.3) is 0 Å². The van der Waals surface area contributed by atoms with Gasteiger partial charge in [-0.3, -0.25) is 9.59 Å². The maximum Gasteiger partial charge on any atom is 0.342 e. The summed E-state index contributed by atoms with van der Waals surface area (Å²) in [4.78, 5) is 32.5. The molecule has 0 bridgehead atoms. The molecular formula is C11H16BrNO5. The van der Waals surface area contributed by atoms with Crippen LogP contribution in [-0.4, -0.2) is 42.5 Å². The van der Waals surface area contributed by atoms with Gasteiger partial charge < -0.3 is 15.2 Å². The molecule has 0 saturated carbocycles. The molecule has 0 aliphatic rings. The van der Waals surface area contributed by atoms with E-state index in [1.54, 1.807) is 6.92 Å². The Hall–Kier alpha value is -1.21. The van der Waals surface area contributed by atoms with Crippen LogP contribution in [0.1, 0.15) is 19.8 Å². The third kappa shape index (κ3) is 8.89. The molecule has 0 radical (unpaired) electrons. The molecule has 0 aromatic rings. The normalized spacial score (nSPS) is 11.1. The maximum atomic E-state index is 11.2. The number of amides is 1. The average molecular weight is 322 g/mol. The number of rotatable bonds is 9. The second-order valence-corrected chi connectivity index (χ2v) is 4.20. The van der Waals surface area contributed by atoms with Gasteiger partial charge in [0.2, 0.25) is 5.91 Å². The molecule has 0 aliphatic heterocycles. The van der Waals surface area contributed by atoms with E-state index < -0.39 is 11.9 Å². The summed E-state index contributed by atoms with van der Waals surface area (Å²) in [5, 5.41) is 10.9. The maximum absolute atomic E-state index is 11.2. The van der Waals surface area contributed by atoms with Gasteiger partial charge in [0, 0.05) is 25.5 Å². The van der Waals surface area contributed by atoms with Crippen LogP contribution in [0.15, 0.2) is 10.6 Å². The highest BCUT2D eigenvalue weighted by Gasteiger charge is 2.05. The topological polar surface area (TPSA) is 92.7 Å². The smallest absolute Gasteiger partial charge is 0.342 e. The first kappa shape index (κ1) is 16.8. The van der Waals surface area contributed by atoms with Crippen LogP contribution in [0.5, 0.6) is 0 Å². The first-order valence-electron chi connectivity index (χ1n) is 5.45. The van der Waals surface area contributed by atoms with E-state index in [9.17, 15) is 14.4 Å². The minimum absolute atomic E-state index is 0.132. The number of hydrogen-bond donors (Lipinski definition) is 2. The first-order valence-corrected chi connectivity index (χ1v) is 6.24. The molecule has 0 fully saturated rings. The molecule has 0 atom stereocenters. The zero-order valence-corrected chi connectivity index (χ0v) is 11.7. The Balaban J connectivity index is 3.61. The summed E-state index contributed by atoms with van der Waals surface area (Å²) in [5.41, 5.74) is 0. The highest BCUT2D eigenvalue weighted by molar-refractivity contribution is 9.12. The van der Waals surface area contributed by atoms with Gasteiger partial charge in [0.1, 0.15) is 10.3 Å². The van der Waals surface area contributed by atoms with Crippen molar-refractivity contribution in [2.75, 3.05) is 19.8 Å². The van der Waals surface area contributed by atoms with Crippen LogP contribution in [-0.2, 0) is 19.1 Å². The fraction of sp³-hybridized carbons (Fsp3) is 0.545. The molecule has 0 saturated heterocycles.